The van der Waals surface area contributed by atoms with Gasteiger partial charge in [0.05, 0.1) is 5.52 Å². The van der Waals surface area contributed by atoms with Gasteiger partial charge >= 0.3 is 8.53 Å². The van der Waals surface area contributed by atoms with E-state index in [1.165, 1.54) is 22.3 Å². The van der Waals surface area contributed by atoms with Crippen LogP contribution in [0.25, 0.3) is 10.9 Å². The van der Waals surface area contributed by atoms with Crippen LogP contribution in [0.3, 0.4) is 0 Å². The van der Waals surface area contributed by atoms with Crippen molar-refractivity contribution in [2.75, 3.05) is 0 Å². The second-order valence-electron chi connectivity index (χ2n) is 10.5. The van der Waals surface area contributed by atoms with Crippen molar-refractivity contribution in [3.05, 3.63) is 137 Å². The lowest BCUT2D eigenvalue weighted by molar-refractivity contribution is 0.405. The average molecular weight is 552 g/mol. The highest BCUT2D eigenvalue weighted by atomic mass is 31.2. The molecular formula is C36H42NO2P. The van der Waals surface area contributed by atoms with Gasteiger partial charge in [-0.1, -0.05) is 93.6 Å². The number of aryl methyl sites for hydroxylation is 1. The SMILES string of the molecule is C=C/C=C/C(C1=CCCC(C)=C1CC)=C(\C=C/C)OP(Oc1cc(C)ccc1C(C)C)n1ccc2ccccc21. The summed E-state index contributed by atoms with van der Waals surface area (Å²) in [5, 5.41) is 1.15. The first-order valence-electron chi connectivity index (χ1n) is 14.3. The molecule has 0 saturated heterocycles. The molecule has 0 spiro atoms. The van der Waals surface area contributed by atoms with E-state index in [0.717, 1.165) is 52.8 Å². The maximum Gasteiger partial charge on any atom is 0.421 e. The first-order valence-corrected chi connectivity index (χ1v) is 15.4. The lowest BCUT2D eigenvalue weighted by Gasteiger charge is -2.26. The van der Waals surface area contributed by atoms with Crippen molar-refractivity contribution in [1.29, 1.82) is 0 Å². The minimum absolute atomic E-state index is 0.318. The molecule has 208 valence electrons. The van der Waals surface area contributed by atoms with Crippen LogP contribution in [-0.2, 0) is 4.52 Å². The van der Waals surface area contributed by atoms with Gasteiger partial charge in [-0.3, -0.25) is 4.34 Å². The van der Waals surface area contributed by atoms with E-state index in [1.54, 1.807) is 0 Å². The van der Waals surface area contributed by atoms with Crippen molar-refractivity contribution in [3.63, 3.8) is 0 Å². The molecule has 0 amide bonds. The van der Waals surface area contributed by atoms with Gasteiger partial charge < -0.3 is 9.05 Å². The van der Waals surface area contributed by atoms with Gasteiger partial charge in [-0.15, -0.1) is 0 Å². The van der Waals surface area contributed by atoms with Crippen molar-refractivity contribution in [1.82, 2.24) is 4.34 Å². The Morgan fingerprint density at radius 2 is 1.90 bits per heavy atom. The zero-order chi connectivity index (χ0) is 28.6. The van der Waals surface area contributed by atoms with Crippen molar-refractivity contribution in [2.24, 2.45) is 0 Å². The Hall–Kier alpha value is -3.55. The summed E-state index contributed by atoms with van der Waals surface area (Å²) in [4.78, 5) is 0. The summed E-state index contributed by atoms with van der Waals surface area (Å²) in [6.07, 6.45) is 17.6. The summed E-state index contributed by atoms with van der Waals surface area (Å²) in [5.41, 5.74) is 8.53. The minimum Gasteiger partial charge on any atom is -0.422 e. The third kappa shape index (κ3) is 6.60. The molecule has 0 saturated carbocycles. The first kappa shape index (κ1) is 29.4. The molecule has 0 aliphatic heterocycles. The van der Waals surface area contributed by atoms with Crippen LogP contribution in [0.2, 0.25) is 0 Å². The second-order valence-corrected chi connectivity index (χ2v) is 11.7. The second kappa shape index (κ2) is 13.7. The molecule has 1 aliphatic carbocycles. The molecule has 3 aromatic rings. The number of aromatic nitrogens is 1. The van der Waals surface area contributed by atoms with Gasteiger partial charge in [0.15, 0.2) is 0 Å². The fourth-order valence-electron chi connectivity index (χ4n) is 5.17. The molecule has 2 aromatic carbocycles. The average Bonchev–Trinajstić information content (AvgIpc) is 3.37. The highest BCUT2D eigenvalue weighted by molar-refractivity contribution is 7.46. The maximum atomic E-state index is 7.01. The first-order chi connectivity index (χ1) is 19.4. The van der Waals surface area contributed by atoms with E-state index in [2.05, 4.69) is 118 Å². The highest BCUT2D eigenvalue weighted by Gasteiger charge is 2.26. The molecule has 1 atom stereocenters. The van der Waals surface area contributed by atoms with Crippen LogP contribution >= 0.6 is 8.53 Å². The van der Waals surface area contributed by atoms with E-state index in [1.807, 2.05) is 25.2 Å². The number of rotatable bonds is 11. The Balaban J connectivity index is 1.91. The third-order valence-corrected chi connectivity index (χ3v) is 8.64. The molecule has 4 rings (SSSR count). The van der Waals surface area contributed by atoms with E-state index in [9.17, 15) is 0 Å². The fourth-order valence-corrected chi connectivity index (χ4v) is 6.58. The number of hydrogen-bond acceptors (Lipinski definition) is 2. The topological polar surface area (TPSA) is 23.4 Å². The van der Waals surface area contributed by atoms with Gasteiger partial charge in [-0.2, -0.15) is 0 Å². The summed E-state index contributed by atoms with van der Waals surface area (Å²) >= 11 is 0. The predicted molar refractivity (Wildman–Crippen MR) is 173 cm³/mol. The zero-order valence-corrected chi connectivity index (χ0v) is 25.7. The van der Waals surface area contributed by atoms with Crippen molar-refractivity contribution in [3.8, 4) is 5.75 Å². The molecular weight excluding hydrogens is 509 g/mol. The standard InChI is InChI=1S/C36H42NO2P/c1-8-11-18-33(32-19-14-16-28(7)30(32)10-3)35(15-9-2)38-40(37-24-23-29-17-12-13-20-34(29)37)39-36-25-27(6)21-22-31(36)26(4)5/h8-9,11-13,15,17-26H,1,10,14,16H2,2-7H3/b15-9-,18-11+,35-33-. The van der Waals surface area contributed by atoms with Gasteiger partial charge in [0.25, 0.3) is 0 Å². The van der Waals surface area contributed by atoms with Gasteiger partial charge in [0, 0.05) is 17.2 Å². The normalized spacial score (nSPS) is 15.6. The van der Waals surface area contributed by atoms with Crippen LogP contribution < -0.4 is 4.52 Å². The number of allylic oxidation sites excluding steroid dienone is 10. The van der Waals surface area contributed by atoms with Gasteiger partial charge in [-0.25, -0.2) is 0 Å². The predicted octanol–water partition coefficient (Wildman–Crippen LogP) is 11.3. The Morgan fingerprint density at radius 3 is 2.62 bits per heavy atom. The van der Waals surface area contributed by atoms with Crippen LogP contribution in [0.4, 0.5) is 0 Å². The minimum atomic E-state index is -1.59. The van der Waals surface area contributed by atoms with Crippen LogP contribution in [0.15, 0.2) is 126 Å². The number of para-hydroxylation sites is 1. The third-order valence-electron chi connectivity index (χ3n) is 7.23. The van der Waals surface area contributed by atoms with Gasteiger partial charge in [0.2, 0.25) is 0 Å². The summed E-state index contributed by atoms with van der Waals surface area (Å²) in [6, 6.07) is 16.9. The summed E-state index contributed by atoms with van der Waals surface area (Å²) in [7, 11) is -1.59. The van der Waals surface area contributed by atoms with E-state index < -0.39 is 8.53 Å². The molecule has 3 nitrogen and oxygen atoms in total. The molecule has 40 heavy (non-hydrogen) atoms. The van der Waals surface area contributed by atoms with Crippen molar-refractivity contribution < 1.29 is 9.05 Å². The fraction of sp³-hybridized carbons (Fsp3) is 0.278. The summed E-state index contributed by atoms with van der Waals surface area (Å²) < 4.78 is 16.1. The Morgan fingerprint density at radius 1 is 1.10 bits per heavy atom. The lowest BCUT2D eigenvalue weighted by Crippen LogP contribution is -2.07. The van der Waals surface area contributed by atoms with Crippen LogP contribution in [0.5, 0.6) is 5.75 Å². The number of fused-ring (bicyclic) bond motifs is 1. The molecule has 1 aromatic heterocycles. The number of benzene rings is 2. The summed E-state index contributed by atoms with van der Waals surface area (Å²) in [6.45, 7) is 17.0. The number of hydrogen-bond donors (Lipinski definition) is 0. The monoisotopic (exact) mass is 551 g/mol. The molecule has 4 heteroatoms. The zero-order valence-electron chi connectivity index (χ0n) is 24.8. The molecule has 0 N–H and O–H groups in total. The maximum absolute atomic E-state index is 7.01. The van der Waals surface area contributed by atoms with E-state index >= 15 is 0 Å². The largest absolute Gasteiger partial charge is 0.422 e. The molecule has 1 aliphatic rings. The van der Waals surface area contributed by atoms with Crippen molar-refractivity contribution >= 4 is 19.4 Å². The number of nitrogens with zero attached hydrogens (tertiary/aromatic N) is 1. The van der Waals surface area contributed by atoms with E-state index in [4.69, 9.17) is 9.05 Å². The quantitative estimate of drug-likeness (QED) is 0.134. The van der Waals surface area contributed by atoms with E-state index in [-0.39, 0.29) is 0 Å². The van der Waals surface area contributed by atoms with Crippen LogP contribution in [-0.4, -0.2) is 4.34 Å². The van der Waals surface area contributed by atoms with Crippen LogP contribution in [0.1, 0.15) is 70.9 Å². The molecule has 0 bridgehead atoms. The van der Waals surface area contributed by atoms with E-state index in [0.29, 0.717) is 5.92 Å². The van der Waals surface area contributed by atoms with Crippen molar-refractivity contribution in [2.45, 2.75) is 66.7 Å². The Kier molecular flexibility index (Phi) is 10.1. The van der Waals surface area contributed by atoms with Gasteiger partial charge in [0.1, 0.15) is 11.5 Å². The molecule has 1 heterocycles. The summed E-state index contributed by atoms with van der Waals surface area (Å²) in [5.74, 6) is 1.97. The molecule has 0 fully saturated rings. The smallest absolute Gasteiger partial charge is 0.421 e. The Labute approximate surface area is 241 Å². The van der Waals surface area contributed by atoms with Gasteiger partial charge in [-0.05, 0) is 92.5 Å². The highest BCUT2D eigenvalue weighted by Crippen LogP contribution is 2.49. The Bertz CT molecular complexity index is 1510. The lowest BCUT2D eigenvalue weighted by atomic mass is 9.85. The molecule has 0 radical (unpaired) electrons. The van der Waals surface area contributed by atoms with Crippen LogP contribution in [0, 0.1) is 6.92 Å². The molecule has 1 unspecified atom stereocenters.